The summed E-state index contributed by atoms with van der Waals surface area (Å²) in [7, 11) is 0. The van der Waals surface area contributed by atoms with E-state index in [2.05, 4.69) is 39.8 Å². The molecule has 4 rings (SSSR count). The molecule has 0 radical (unpaired) electrons. The van der Waals surface area contributed by atoms with Gasteiger partial charge in [-0.25, -0.2) is 4.79 Å². The summed E-state index contributed by atoms with van der Waals surface area (Å²) in [4.78, 5) is 14.8. The minimum Gasteiger partial charge on any atom is -0.376 e. The van der Waals surface area contributed by atoms with Gasteiger partial charge in [0.25, 0.3) is 0 Å². The minimum atomic E-state index is -0.0721. The summed E-state index contributed by atoms with van der Waals surface area (Å²) in [5, 5.41) is 6.17. The molecule has 1 saturated carbocycles. The minimum absolute atomic E-state index is 0.0721. The Balaban J connectivity index is 1.29. The van der Waals surface area contributed by atoms with E-state index in [9.17, 15) is 4.79 Å². The highest BCUT2D eigenvalue weighted by Crippen LogP contribution is 2.38. The van der Waals surface area contributed by atoms with Crippen molar-refractivity contribution in [1.82, 2.24) is 15.5 Å². The highest BCUT2D eigenvalue weighted by molar-refractivity contribution is 5.74. The van der Waals surface area contributed by atoms with Gasteiger partial charge in [-0.15, -0.1) is 0 Å². The lowest BCUT2D eigenvalue weighted by Crippen LogP contribution is -2.46. The van der Waals surface area contributed by atoms with E-state index < -0.39 is 0 Å². The van der Waals surface area contributed by atoms with Gasteiger partial charge in [-0.1, -0.05) is 24.3 Å². The molecule has 136 valence electrons. The zero-order valence-electron chi connectivity index (χ0n) is 14.9. The van der Waals surface area contributed by atoms with Crippen LogP contribution >= 0.6 is 0 Å². The molecule has 2 amide bonds. The Labute approximate surface area is 150 Å². The van der Waals surface area contributed by atoms with Gasteiger partial charge in [-0.3, -0.25) is 4.90 Å². The molecule has 1 aromatic carbocycles. The van der Waals surface area contributed by atoms with Crippen molar-refractivity contribution in [3.63, 3.8) is 0 Å². The number of likely N-dealkylation sites (tertiary alicyclic amines) is 1. The average Bonchev–Trinajstić information content (AvgIpc) is 3.13. The average molecular weight is 343 g/mol. The van der Waals surface area contributed by atoms with Crippen LogP contribution in [0.1, 0.15) is 43.2 Å². The van der Waals surface area contributed by atoms with Crippen LogP contribution in [0.4, 0.5) is 4.79 Å². The quantitative estimate of drug-likeness (QED) is 0.835. The van der Waals surface area contributed by atoms with Crippen molar-refractivity contribution in [3.8, 4) is 0 Å². The maximum atomic E-state index is 12.3. The van der Waals surface area contributed by atoms with Crippen molar-refractivity contribution in [2.45, 2.75) is 57.3 Å². The van der Waals surface area contributed by atoms with Crippen LogP contribution < -0.4 is 10.6 Å². The Morgan fingerprint density at radius 2 is 1.88 bits per heavy atom. The van der Waals surface area contributed by atoms with E-state index >= 15 is 0 Å². The van der Waals surface area contributed by atoms with Crippen LogP contribution in [0.3, 0.4) is 0 Å². The third-order valence-electron chi connectivity index (χ3n) is 5.69. The number of rotatable bonds is 6. The van der Waals surface area contributed by atoms with E-state index in [1.54, 1.807) is 0 Å². The monoisotopic (exact) mass is 343 g/mol. The fraction of sp³-hybridized carbons (Fsp3) is 0.650. The van der Waals surface area contributed by atoms with Crippen molar-refractivity contribution in [2.24, 2.45) is 5.92 Å². The van der Waals surface area contributed by atoms with Crippen LogP contribution in [0, 0.1) is 5.92 Å². The van der Waals surface area contributed by atoms with Crippen molar-refractivity contribution in [3.05, 3.63) is 35.4 Å². The van der Waals surface area contributed by atoms with Crippen molar-refractivity contribution in [1.29, 1.82) is 0 Å². The van der Waals surface area contributed by atoms with E-state index in [4.69, 9.17) is 4.74 Å². The molecule has 2 atom stereocenters. The number of carbonyl (C=O) groups excluding carboxylic acids is 1. The number of amides is 2. The van der Waals surface area contributed by atoms with Gasteiger partial charge in [0.1, 0.15) is 0 Å². The van der Waals surface area contributed by atoms with Crippen LogP contribution in [-0.2, 0) is 17.8 Å². The standard InChI is InChI=1S/C20H29N3O2/c24-20(22-18-9-12-25-19(18)15-7-8-15)21-13-16-5-1-2-6-17(16)14-23-10-3-4-11-23/h1-2,5-6,15,18-19H,3-4,7-14H2,(H2,21,22,24)/t18-,19-/m0/s1. The molecule has 3 aliphatic rings. The highest BCUT2D eigenvalue weighted by Gasteiger charge is 2.41. The Morgan fingerprint density at radius 3 is 2.64 bits per heavy atom. The number of hydrogen-bond acceptors (Lipinski definition) is 3. The van der Waals surface area contributed by atoms with Crippen molar-refractivity contribution < 1.29 is 9.53 Å². The first kappa shape index (κ1) is 16.9. The number of ether oxygens (including phenoxy) is 1. The Bertz CT molecular complexity index is 596. The van der Waals surface area contributed by atoms with E-state index in [0.29, 0.717) is 12.5 Å². The molecule has 2 heterocycles. The molecule has 5 heteroatoms. The number of urea groups is 1. The van der Waals surface area contributed by atoms with E-state index in [-0.39, 0.29) is 18.2 Å². The van der Waals surface area contributed by atoms with Gasteiger partial charge in [-0.05, 0) is 62.2 Å². The highest BCUT2D eigenvalue weighted by atomic mass is 16.5. The molecule has 0 bridgehead atoms. The second-order valence-corrected chi connectivity index (χ2v) is 7.65. The number of carbonyl (C=O) groups is 1. The molecular weight excluding hydrogens is 314 g/mol. The molecule has 2 aliphatic heterocycles. The van der Waals surface area contributed by atoms with Crippen molar-refractivity contribution in [2.75, 3.05) is 19.7 Å². The lowest BCUT2D eigenvalue weighted by atomic mass is 10.1. The van der Waals surface area contributed by atoms with Crippen LogP contribution in [0.5, 0.6) is 0 Å². The molecule has 1 aliphatic carbocycles. The van der Waals surface area contributed by atoms with Gasteiger partial charge in [-0.2, -0.15) is 0 Å². The van der Waals surface area contributed by atoms with Gasteiger partial charge >= 0.3 is 6.03 Å². The lowest BCUT2D eigenvalue weighted by Gasteiger charge is -2.20. The van der Waals surface area contributed by atoms with Gasteiger partial charge in [0.15, 0.2) is 0 Å². The number of hydrogen-bond donors (Lipinski definition) is 2. The van der Waals surface area contributed by atoms with E-state index in [1.807, 2.05) is 0 Å². The predicted octanol–water partition coefficient (Wildman–Crippen LogP) is 2.65. The molecule has 0 spiro atoms. The van der Waals surface area contributed by atoms with Gasteiger partial charge < -0.3 is 15.4 Å². The first-order valence-corrected chi connectivity index (χ1v) is 9.75. The van der Waals surface area contributed by atoms with E-state index in [0.717, 1.165) is 19.6 Å². The Kier molecular flexibility index (Phi) is 5.22. The fourth-order valence-electron chi connectivity index (χ4n) is 4.12. The first-order valence-electron chi connectivity index (χ1n) is 9.75. The third kappa shape index (κ3) is 4.33. The van der Waals surface area contributed by atoms with Gasteiger partial charge in [0.2, 0.25) is 0 Å². The third-order valence-corrected chi connectivity index (χ3v) is 5.69. The summed E-state index contributed by atoms with van der Waals surface area (Å²) in [5.74, 6) is 0.661. The predicted molar refractivity (Wildman–Crippen MR) is 97.2 cm³/mol. The fourth-order valence-corrected chi connectivity index (χ4v) is 4.12. The molecule has 2 N–H and O–H groups in total. The largest absolute Gasteiger partial charge is 0.376 e. The molecule has 25 heavy (non-hydrogen) atoms. The zero-order valence-corrected chi connectivity index (χ0v) is 14.9. The molecule has 1 aromatic rings. The van der Waals surface area contributed by atoms with Crippen LogP contribution in [0.15, 0.2) is 24.3 Å². The second-order valence-electron chi connectivity index (χ2n) is 7.65. The number of nitrogens with one attached hydrogen (secondary N) is 2. The Hall–Kier alpha value is -1.59. The molecule has 5 nitrogen and oxygen atoms in total. The van der Waals surface area contributed by atoms with Crippen LogP contribution in [-0.4, -0.2) is 42.8 Å². The summed E-state index contributed by atoms with van der Waals surface area (Å²) >= 11 is 0. The Morgan fingerprint density at radius 1 is 1.12 bits per heavy atom. The van der Waals surface area contributed by atoms with E-state index in [1.165, 1.54) is 49.9 Å². The summed E-state index contributed by atoms with van der Waals surface area (Å²) in [6.07, 6.45) is 6.25. The zero-order chi connectivity index (χ0) is 17.1. The topological polar surface area (TPSA) is 53.6 Å². The smallest absolute Gasteiger partial charge is 0.315 e. The SMILES string of the molecule is O=C(NCc1ccccc1CN1CCCC1)N[C@H]1CCO[C@H]1C1CC1. The summed E-state index contributed by atoms with van der Waals surface area (Å²) in [6.45, 7) is 4.71. The summed E-state index contributed by atoms with van der Waals surface area (Å²) < 4.78 is 5.80. The maximum absolute atomic E-state index is 12.3. The van der Waals surface area contributed by atoms with Crippen molar-refractivity contribution >= 4 is 6.03 Å². The number of benzene rings is 1. The normalized spacial score (nSPS) is 26.7. The second kappa shape index (κ2) is 7.75. The number of nitrogens with zero attached hydrogens (tertiary/aromatic N) is 1. The van der Waals surface area contributed by atoms with Crippen LogP contribution in [0.25, 0.3) is 0 Å². The lowest BCUT2D eigenvalue weighted by molar-refractivity contribution is 0.0825. The molecule has 3 fully saturated rings. The molecular formula is C20H29N3O2. The molecule has 2 saturated heterocycles. The van der Waals surface area contributed by atoms with Crippen LogP contribution in [0.2, 0.25) is 0 Å². The summed E-state index contributed by atoms with van der Waals surface area (Å²) in [5.41, 5.74) is 2.54. The maximum Gasteiger partial charge on any atom is 0.315 e. The van der Waals surface area contributed by atoms with Gasteiger partial charge in [0, 0.05) is 19.7 Å². The van der Waals surface area contributed by atoms with Gasteiger partial charge in [0.05, 0.1) is 12.1 Å². The molecule has 0 unspecified atom stereocenters. The first-order chi connectivity index (χ1) is 12.3. The summed E-state index contributed by atoms with van der Waals surface area (Å²) in [6, 6.07) is 8.55. The molecule has 0 aromatic heterocycles.